The van der Waals surface area contributed by atoms with Crippen LogP contribution in [0.1, 0.15) is 0 Å². The number of ether oxygens (including phenoxy) is 3. The molecule has 0 aliphatic rings. The Morgan fingerprint density at radius 3 is 0.872 bits per heavy atom. The lowest BCUT2D eigenvalue weighted by atomic mass is 10.2. The Morgan fingerprint density at radius 1 is 0.359 bits per heavy atom. The zero-order valence-electron chi connectivity index (χ0n) is 16.6. The first-order valence-electron chi connectivity index (χ1n) is 7.99. The van der Waals surface area contributed by atoms with Crippen molar-refractivity contribution in [3.05, 3.63) is 0 Å². The van der Waals surface area contributed by atoms with E-state index in [9.17, 15) is 101 Å². The molecule has 0 saturated heterocycles. The number of hydrogen-bond donors (Lipinski definition) is 1. The van der Waals surface area contributed by atoms with Gasteiger partial charge in [-0.15, -0.1) is 0 Å². The van der Waals surface area contributed by atoms with E-state index >= 15 is 0 Å². The molecule has 27 heteroatoms. The van der Waals surface area contributed by atoms with Crippen molar-refractivity contribution < 1.29 is 120 Å². The molecule has 0 aromatic rings. The maximum absolute atomic E-state index is 14.0. The Hall–Kier alpha value is -1.77. The molecule has 0 unspecified atom stereocenters. The molecule has 3 atom stereocenters. The zero-order valence-corrected chi connectivity index (χ0v) is 16.6. The molecule has 0 aromatic carbocycles. The van der Waals surface area contributed by atoms with Crippen LogP contribution in [-0.2, 0) is 14.2 Å². The molecule has 0 aliphatic carbocycles. The van der Waals surface area contributed by atoms with Gasteiger partial charge in [-0.25, -0.2) is 0 Å². The minimum Gasteiger partial charge on any atom is -0.390 e. The number of aliphatic hydroxyl groups excluding tert-OH is 1. The minimum atomic E-state index is -8.68. The fraction of sp³-hybridized carbons (Fsp3) is 1.00. The molecule has 0 radical (unpaired) electrons. The van der Waals surface area contributed by atoms with E-state index in [4.69, 9.17) is 5.11 Å². The number of halogens is 23. The molecule has 4 nitrogen and oxygen atoms in total. The van der Waals surface area contributed by atoms with Crippen molar-refractivity contribution in [2.45, 2.75) is 66.5 Å². The number of rotatable bonds is 10. The van der Waals surface area contributed by atoms with Gasteiger partial charge in [-0.05, 0) is 0 Å². The van der Waals surface area contributed by atoms with Crippen LogP contribution in [0.25, 0.3) is 0 Å². The van der Waals surface area contributed by atoms with E-state index < -0.39 is 73.1 Å². The van der Waals surface area contributed by atoms with Crippen LogP contribution in [0.4, 0.5) is 101 Å². The third kappa shape index (κ3) is 6.28. The third-order valence-corrected chi connectivity index (χ3v) is 3.65. The third-order valence-electron chi connectivity index (χ3n) is 3.65. The van der Waals surface area contributed by atoms with Crippen LogP contribution in [0.2, 0.25) is 0 Å². The Bertz CT molecular complexity index is 855. The van der Waals surface area contributed by atoms with Crippen molar-refractivity contribution in [1.29, 1.82) is 0 Å². The lowest BCUT2D eigenvalue weighted by molar-refractivity contribution is -0.579. The molecule has 0 saturated carbocycles. The Balaban J connectivity index is 7.14. The summed E-state index contributed by atoms with van der Waals surface area (Å²) in [7, 11) is 0. The summed E-state index contributed by atoms with van der Waals surface area (Å²) in [6.45, 7) is -3.62. The maximum atomic E-state index is 14.0. The normalized spacial score (nSPS) is 20.3. The standard InChI is InChI=1S/C12H3F23O4/c13-2(1-36,6(18,19)20)37-11(32,33)4(16,8(24,25)26)39-12(34,35)5(17,9(27,28)29)38-10(30,31)3(14,15)7(21,22)23/h36H,1H2/t2-,4+,5-/m0/s1. The molecule has 0 bridgehead atoms. The summed E-state index contributed by atoms with van der Waals surface area (Å²) in [5, 5.41) is 8.07. The van der Waals surface area contributed by atoms with Crippen LogP contribution in [0.3, 0.4) is 0 Å². The maximum Gasteiger partial charge on any atom is 0.462 e. The highest BCUT2D eigenvalue weighted by molar-refractivity contribution is 4.97. The number of hydrogen-bond acceptors (Lipinski definition) is 4. The van der Waals surface area contributed by atoms with Crippen LogP contribution in [0, 0.1) is 0 Å². The van der Waals surface area contributed by atoms with Gasteiger partial charge in [0.25, 0.3) is 0 Å². The van der Waals surface area contributed by atoms with Crippen LogP contribution in [0.15, 0.2) is 0 Å². The van der Waals surface area contributed by atoms with Crippen molar-refractivity contribution in [2.75, 3.05) is 6.61 Å². The van der Waals surface area contributed by atoms with E-state index in [-0.39, 0.29) is 0 Å². The molecule has 1 N–H and O–H groups in total. The lowest BCUT2D eigenvalue weighted by Crippen LogP contribution is -2.70. The molecule has 0 heterocycles. The molecule has 0 spiro atoms. The summed E-state index contributed by atoms with van der Waals surface area (Å²) in [4.78, 5) is 0. The molecular formula is C12H3F23O4. The smallest absolute Gasteiger partial charge is 0.390 e. The predicted molar refractivity (Wildman–Crippen MR) is 65.9 cm³/mol. The van der Waals surface area contributed by atoms with Gasteiger partial charge in [-0.3, -0.25) is 14.2 Å². The van der Waals surface area contributed by atoms with Gasteiger partial charge in [0, 0.05) is 0 Å². The van der Waals surface area contributed by atoms with Gasteiger partial charge in [-0.1, -0.05) is 0 Å². The van der Waals surface area contributed by atoms with Crippen LogP contribution in [0.5, 0.6) is 0 Å². The van der Waals surface area contributed by atoms with Crippen molar-refractivity contribution in [3.8, 4) is 0 Å². The average molecular weight is 648 g/mol. The first kappa shape index (κ1) is 37.2. The van der Waals surface area contributed by atoms with Crippen molar-refractivity contribution in [1.82, 2.24) is 0 Å². The van der Waals surface area contributed by atoms with E-state index in [2.05, 4.69) is 0 Å². The van der Waals surface area contributed by atoms with Gasteiger partial charge in [0.05, 0.1) is 0 Å². The van der Waals surface area contributed by atoms with E-state index in [1.54, 1.807) is 4.74 Å². The van der Waals surface area contributed by atoms with Gasteiger partial charge >= 0.3 is 66.5 Å². The Morgan fingerprint density at radius 2 is 0.641 bits per heavy atom. The van der Waals surface area contributed by atoms with Crippen LogP contribution >= 0.6 is 0 Å². The fourth-order valence-corrected chi connectivity index (χ4v) is 1.66. The van der Waals surface area contributed by atoms with Gasteiger partial charge in [0.15, 0.2) is 0 Å². The molecule has 39 heavy (non-hydrogen) atoms. The highest BCUT2D eigenvalue weighted by Crippen LogP contribution is 2.59. The molecule has 0 aliphatic heterocycles. The summed E-state index contributed by atoms with van der Waals surface area (Å²) < 4.78 is 300. The minimum absolute atomic E-state index is 1.01. The second kappa shape index (κ2) is 9.66. The lowest BCUT2D eigenvalue weighted by Gasteiger charge is -2.42. The molecular weight excluding hydrogens is 645 g/mol. The molecule has 0 aromatic heterocycles. The number of aliphatic hydroxyl groups is 1. The predicted octanol–water partition coefficient (Wildman–Crippen LogP) is 6.69. The summed E-state index contributed by atoms with van der Waals surface area (Å²) in [5.74, 6) is -31.9. The fourth-order valence-electron chi connectivity index (χ4n) is 1.66. The van der Waals surface area contributed by atoms with Crippen LogP contribution in [-0.4, -0.2) is 78.2 Å². The quantitative estimate of drug-likeness (QED) is 0.269. The van der Waals surface area contributed by atoms with Crippen molar-refractivity contribution >= 4 is 0 Å². The molecule has 0 amide bonds. The van der Waals surface area contributed by atoms with E-state index in [1.165, 1.54) is 0 Å². The SMILES string of the molecule is OC[C@](F)(OC(F)(F)[C@](F)(OC(F)(F)[C@@](F)(OC(F)(F)C(F)(F)C(F)(F)F)C(F)(F)F)C(F)(F)F)C(F)(F)F. The second-order valence-electron chi connectivity index (χ2n) is 6.50. The van der Waals surface area contributed by atoms with Gasteiger partial charge in [-0.2, -0.15) is 101 Å². The largest absolute Gasteiger partial charge is 0.462 e. The highest BCUT2D eigenvalue weighted by atomic mass is 19.4. The van der Waals surface area contributed by atoms with Crippen molar-refractivity contribution in [2.24, 2.45) is 0 Å². The van der Waals surface area contributed by atoms with Gasteiger partial charge < -0.3 is 5.11 Å². The zero-order chi connectivity index (χ0) is 32.3. The van der Waals surface area contributed by atoms with E-state index in [0.717, 1.165) is 9.47 Å². The van der Waals surface area contributed by atoms with Gasteiger partial charge in [0.2, 0.25) is 0 Å². The number of alkyl halides is 23. The summed E-state index contributed by atoms with van der Waals surface area (Å²) in [5.41, 5.74) is 0. The average Bonchev–Trinajstić information content (AvgIpc) is 2.62. The van der Waals surface area contributed by atoms with E-state index in [1.807, 2.05) is 0 Å². The summed E-state index contributed by atoms with van der Waals surface area (Å²) in [6, 6.07) is 0. The highest BCUT2D eigenvalue weighted by Gasteiger charge is 2.88. The van der Waals surface area contributed by atoms with E-state index in [0.29, 0.717) is 0 Å². The molecule has 236 valence electrons. The topological polar surface area (TPSA) is 47.9 Å². The Labute approximate surface area is 195 Å². The summed E-state index contributed by atoms with van der Waals surface area (Å²) in [6.07, 6.45) is -56.9. The second-order valence-corrected chi connectivity index (χ2v) is 6.50. The molecule has 0 rings (SSSR count). The Kier molecular flexibility index (Phi) is 9.22. The van der Waals surface area contributed by atoms with Crippen molar-refractivity contribution in [3.63, 3.8) is 0 Å². The monoisotopic (exact) mass is 648 g/mol. The van der Waals surface area contributed by atoms with Gasteiger partial charge in [0.1, 0.15) is 6.61 Å². The molecule has 0 fully saturated rings. The first-order valence-corrected chi connectivity index (χ1v) is 7.99. The first-order chi connectivity index (χ1) is 16.4. The van der Waals surface area contributed by atoms with Crippen LogP contribution < -0.4 is 0 Å². The summed E-state index contributed by atoms with van der Waals surface area (Å²) >= 11 is 0.